The number of hydrogen-bond acceptors (Lipinski definition) is 5. The number of carbonyl (C=O) groups excluding carboxylic acids is 1. The molecule has 3 aromatic rings. The van der Waals surface area contributed by atoms with E-state index in [2.05, 4.69) is 24.3 Å². The number of likely N-dealkylation sites (tertiary alicyclic amines) is 1. The van der Waals surface area contributed by atoms with Crippen LogP contribution in [0.1, 0.15) is 29.9 Å². The number of carboxylic acid groups (broad SMARTS) is 1. The number of carbonyl (C=O) groups is 1. The third kappa shape index (κ3) is 5.39. The van der Waals surface area contributed by atoms with E-state index in [0.717, 1.165) is 22.3 Å². The molecule has 3 aromatic carbocycles. The fraction of sp³-hybridized carbons (Fsp3) is 0.346. The highest BCUT2D eigenvalue weighted by molar-refractivity contribution is 5.82. The Labute approximate surface area is 188 Å². The van der Waals surface area contributed by atoms with Crippen molar-refractivity contribution in [2.24, 2.45) is 0 Å². The summed E-state index contributed by atoms with van der Waals surface area (Å²) in [5.41, 5.74) is 2.11. The molecule has 4 rings (SSSR count). The number of fused-ring (bicyclic) bond motifs is 1. The number of amides is 1. The first-order valence-electron chi connectivity index (χ1n) is 11.0. The minimum Gasteiger partial charge on any atom is -0.530 e. The first-order chi connectivity index (χ1) is 15.6. The molecule has 0 spiro atoms. The summed E-state index contributed by atoms with van der Waals surface area (Å²) in [5.74, 6) is 0.791. The Kier molecular flexibility index (Phi) is 7.24. The van der Waals surface area contributed by atoms with Crippen LogP contribution in [0.25, 0.3) is 10.8 Å². The van der Waals surface area contributed by atoms with Gasteiger partial charge in [-0.1, -0.05) is 48.5 Å². The molecular formula is C26H28NO5-. The standard InChI is InChI=1S/C26H29NO5/c28-13-4-14-31-23-8-3-7-22(16-23)24-11-12-27(26(29)30)17-25(24)32-18-19-9-10-20-5-1-2-6-21(20)15-19/h1-3,5-10,15-16,24-25,28H,4,11-14,17-18H2,(H,29,30)/p-1. The third-order valence-electron chi connectivity index (χ3n) is 5.95. The minimum absolute atomic E-state index is 0.0486. The fourth-order valence-corrected chi connectivity index (χ4v) is 4.25. The van der Waals surface area contributed by atoms with E-state index in [1.165, 1.54) is 10.3 Å². The number of benzene rings is 3. The quantitative estimate of drug-likeness (QED) is 0.550. The Morgan fingerprint density at radius 2 is 1.91 bits per heavy atom. The van der Waals surface area contributed by atoms with E-state index in [-0.39, 0.29) is 25.2 Å². The average Bonchev–Trinajstić information content (AvgIpc) is 2.83. The van der Waals surface area contributed by atoms with Crippen LogP contribution in [0, 0.1) is 0 Å². The van der Waals surface area contributed by atoms with Gasteiger partial charge >= 0.3 is 0 Å². The Bertz CT molecular complexity index is 1050. The largest absolute Gasteiger partial charge is 0.530 e. The monoisotopic (exact) mass is 434 g/mol. The molecule has 0 radical (unpaired) electrons. The Morgan fingerprint density at radius 1 is 1.06 bits per heavy atom. The number of nitrogens with zero attached hydrogens (tertiary/aromatic N) is 1. The first-order valence-corrected chi connectivity index (χ1v) is 11.0. The second kappa shape index (κ2) is 10.5. The van der Waals surface area contributed by atoms with Crippen molar-refractivity contribution in [2.45, 2.75) is 31.5 Å². The first kappa shape index (κ1) is 22.1. The van der Waals surface area contributed by atoms with Gasteiger partial charge in [-0.15, -0.1) is 0 Å². The van der Waals surface area contributed by atoms with Crippen molar-refractivity contribution in [3.63, 3.8) is 0 Å². The van der Waals surface area contributed by atoms with Gasteiger partial charge in [0.1, 0.15) is 11.8 Å². The highest BCUT2D eigenvalue weighted by Gasteiger charge is 2.31. The molecule has 1 saturated heterocycles. The van der Waals surface area contributed by atoms with Crippen LogP contribution >= 0.6 is 0 Å². The molecule has 0 aromatic heterocycles. The van der Waals surface area contributed by atoms with Crippen LogP contribution in [0.2, 0.25) is 0 Å². The number of piperidine rings is 1. The van der Waals surface area contributed by atoms with Crippen LogP contribution in [0.15, 0.2) is 66.7 Å². The van der Waals surface area contributed by atoms with Gasteiger partial charge in [-0.05, 0) is 46.5 Å². The van der Waals surface area contributed by atoms with E-state index in [1.54, 1.807) is 0 Å². The summed E-state index contributed by atoms with van der Waals surface area (Å²) in [4.78, 5) is 12.8. The molecule has 6 nitrogen and oxygen atoms in total. The fourth-order valence-electron chi connectivity index (χ4n) is 4.25. The summed E-state index contributed by atoms with van der Waals surface area (Å²) >= 11 is 0. The van der Waals surface area contributed by atoms with Gasteiger partial charge in [0.25, 0.3) is 0 Å². The zero-order chi connectivity index (χ0) is 22.3. The highest BCUT2D eigenvalue weighted by Crippen LogP contribution is 2.33. The van der Waals surface area contributed by atoms with Gasteiger partial charge in [-0.25, -0.2) is 0 Å². The molecule has 0 saturated carbocycles. The van der Waals surface area contributed by atoms with Gasteiger partial charge in [-0.2, -0.15) is 0 Å². The summed E-state index contributed by atoms with van der Waals surface area (Å²) in [5, 5.41) is 22.8. The summed E-state index contributed by atoms with van der Waals surface area (Å²) in [7, 11) is 0. The molecular weight excluding hydrogens is 406 g/mol. The lowest BCUT2D eigenvalue weighted by molar-refractivity contribution is -0.268. The molecule has 0 aliphatic carbocycles. The molecule has 1 amide bonds. The Balaban J connectivity index is 1.50. The number of aliphatic hydroxyl groups is 1. The summed E-state index contributed by atoms with van der Waals surface area (Å²) < 4.78 is 12.0. The van der Waals surface area contributed by atoms with Crippen molar-refractivity contribution in [2.75, 3.05) is 26.3 Å². The van der Waals surface area contributed by atoms with Crippen LogP contribution in [0.4, 0.5) is 4.79 Å². The summed E-state index contributed by atoms with van der Waals surface area (Å²) in [6.07, 6.45) is -0.230. The van der Waals surface area contributed by atoms with E-state index >= 15 is 0 Å². The van der Waals surface area contributed by atoms with E-state index in [9.17, 15) is 9.90 Å². The van der Waals surface area contributed by atoms with Crippen molar-refractivity contribution in [3.05, 3.63) is 77.9 Å². The van der Waals surface area contributed by atoms with Crippen LogP contribution in [0.3, 0.4) is 0 Å². The third-order valence-corrected chi connectivity index (χ3v) is 5.95. The number of rotatable bonds is 8. The second-order valence-electron chi connectivity index (χ2n) is 8.14. The zero-order valence-electron chi connectivity index (χ0n) is 18.0. The lowest BCUT2D eigenvalue weighted by atomic mass is 9.87. The number of ether oxygens (including phenoxy) is 2. The molecule has 1 aliphatic heterocycles. The molecule has 0 bridgehead atoms. The Morgan fingerprint density at radius 3 is 2.72 bits per heavy atom. The second-order valence-corrected chi connectivity index (χ2v) is 8.14. The van der Waals surface area contributed by atoms with E-state index < -0.39 is 6.09 Å². The normalized spacial score (nSPS) is 18.6. The maximum Gasteiger partial charge on any atom is 0.137 e. The van der Waals surface area contributed by atoms with Crippen LogP contribution < -0.4 is 9.84 Å². The maximum atomic E-state index is 11.5. The highest BCUT2D eigenvalue weighted by atomic mass is 16.5. The van der Waals surface area contributed by atoms with Crippen molar-refractivity contribution in [1.82, 2.24) is 4.90 Å². The summed E-state index contributed by atoms with van der Waals surface area (Å²) in [6, 6.07) is 22.3. The lowest BCUT2D eigenvalue weighted by Crippen LogP contribution is -2.51. The van der Waals surface area contributed by atoms with Gasteiger partial charge in [0, 0.05) is 32.0 Å². The molecule has 6 heteroatoms. The van der Waals surface area contributed by atoms with Crippen LogP contribution in [-0.4, -0.2) is 48.5 Å². The van der Waals surface area contributed by atoms with Gasteiger partial charge in [-0.3, -0.25) is 0 Å². The predicted molar refractivity (Wildman–Crippen MR) is 120 cm³/mol. The number of hydrogen-bond donors (Lipinski definition) is 1. The molecule has 2 unspecified atom stereocenters. The molecule has 168 valence electrons. The zero-order valence-corrected chi connectivity index (χ0v) is 18.0. The Hall–Kier alpha value is -3.09. The minimum atomic E-state index is -1.16. The lowest BCUT2D eigenvalue weighted by Gasteiger charge is -2.40. The number of aliphatic hydroxyl groups excluding tert-OH is 1. The molecule has 2 atom stereocenters. The smallest absolute Gasteiger partial charge is 0.137 e. The van der Waals surface area contributed by atoms with Gasteiger partial charge in [0.2, 0.25) is 0 Å². The van der Waals surface area contributed by atoms with E-state index in [4.69, 9.17) is 14.6 Å². The summed E-state index contributed by atoms with van der Waals surface area (Å²) in [6.45, 7) is 1.63. The molecule has 1 heterocycles. The molecule has 1 fully saturated rings. The van der Waals surface area contributed by atoms with Gasteiger partial charge in [0.05, 0.1) is 19.3 Å². The molecule has 1 N–H and O–H groups in total. The van der Waals surface area contributed by atoms with E-state index in [0.29, 0.717) is 32.6 Å². The van der Waals surface area contributed by atoms with Crippen molar-refractivity contribution >= 4 is 16.9 Å². The van der Waals surface area contributed by atoms with Crippen molar-refractivity contribution < 1.29 is 24.5 Å². The van der Waals surface area contributed by atoms with Gasteiger partial charge in [0.15, 0.2) is 0 Å². The average molecular weight is 435 g/mol. The molecule has 32 heavy (non-hydrogen) atoms. The van der Waals surface area contributed by atoms with Crippen LogP contribution in [0.5, 0.6) is 5.75 Å². The SMILES string of the molecule is O=C([O-])N1CCC(c2cccc(OCCCO)c2)C(OCc2ccc3ccccc3c2)C1. The maximum absolute atomic E-state index is 11.5. The predicted octanol–water partition coefficient (Wildman–Crippen LogP) is 3.32. The van der Waals surface area contributed by atoms with Gasteiger partial charge < -0.3 is 29.4 Å². The van der Waals surface area contributed by atoms with Crippen LogP contribution in [-0.2, 0) is 11.3 Å². The van der Waals surface area contributed by atoms with Crippen molar-refractivity contribution in [3.8, 4) is 5.75 Å². The topological polar surface area (TPSA) is 82.1 Å². The molecule has 1 aliphatic rings. The van der Waals surface area contributed by atoms with E-state index in [1.807, 2.05) is 42.5 Å². The van der Waals surface area contributed by atoms with Crippen molar-refractivity contribution in [1.29, 1.82) is 0 Å².